The molecule has 0 radical (unpaired) electrons. The second kappa shape index (κ2) is 8.47. The third-order valence-electron chi connectivity index (χ3n) is 5.81. The Labute approximate surface area is 192 Å². The van der Waals surface area contributed by atoms with Gasteiger partial charge in [-0.25, -0.2) is 0 Å². The van der Waals surface area contributed by atoms with E-state index in [1.165, 1.54) is 24.1 Å². The number of hydrogen-bond acceptors (Lipinski definition) is 5. The summed E-state index contributed by atoms with van der Waals surface area (Å²) in [5, 5.41) is 21.2. The average molecular weight is 443 g/mol. The number of aromatic hydroxyl groups is 1. The van der Waals surface area contributed by atoms with Crippen LogP contribution in [0.5, 0.6) is 11.5 Å². The first kappa shape index (κ1) is 22.1. The Morgan fingerprint density at radius 3 is 2.27 bits per heavy atom. The Morgan fingerprint density at radius 1 is 0.939 bits per heavy atom. The standard InChI is InChI=1S/C27H25NO5/c1-15-6-5-7-19(13-15)28-23(18-8-10-20(29)11-9-18)22(25(31)27(28)32)24(30)21-14-16(2)12-17(3)26(21)33-4/h5-14,23,29-30H,1-4H3/b24-22+. The third-order valence-corrected chi connectivity index (χ3v) is 5.81. The lowest BCUT2D eigenvalue weighted by Crippen LogP contribution is -2.29. The summed E-state index contributed by atoms with van der Waals surface area (Å²) in [6.45, 7) is 5.63. The molecular weight excluding hydrogens is 418 g/mol. The van der Waals surface area contributed by atoms with Crippen LogP contribution in [-0.4, -0.2) is 29.0 Å². The van der Waals surface area contributed by atoms with Crippen LogP contribution in [0.2, 0.25) is 0 Å². The number of methoxy groups -OCH3 is 1. The summed E-state index contributed by atoms with van der Waals surface area (Å²) in [6, 6.07) is 16.3. The van der Waals surface area contributed by atoms with Crippen LogP contribution in [0.15, 0.2) is 66.2 Å². The molecular formula is C27H25NO5. The second-order valence-electron chi connectivity index (χ2n) is 8.26. The number of Topliss-reactive ketones (excluding diaryl/α,β-unsaturated/α-hetero) is 1. The maximum atomic E-state index is 13.3. The molecule has 0 aromatic heterocycles. The lowest BCUT2D eigenvalue weighted by molar-refractivity contribution is -0.132. The number of aliphatic hydroxyl groups is 1. The van der Waals surface area contributed by atoms with Crippen molar-refractivity contribution in [2.24, 2.45) is 0 Å². The van der Waals surface area contributed by atoms with Gasteiger partial charge in [0.25, 0.3) is 11.7 Å². The van der Waals surface area contributed by atoms with Gasteiger partial charge in [0.1, 0.15) is 17.3 Å². The molecule has 2 N–H and O–H groups in total. The number of phenolic OH excluding ortho intramolecular Hbond substituents is 1. The zero-order valence-corrected chi connectivity index (χ0v) is 18.9. The van der Waals surface area contributed by atoms with E-state index in [0.717, 1.165) is 16.7 Å². The van der Waals surface area contributed by atoms with Crippen LogP contribution >= 0.6 is 0 Å². The van der Waals surface area contributed by atoms with E-state index in [1.807, 2.05) is 45.0 Å². The summed E-state index contributed by atoms with van der Waals surface area (Å²) in [7, 11) is 1.50. The first-order valence-corrected chi connectivity index (χ1v) is 10.5. The Bertz CT molecular complexity index is 1290. The second-order valence-corrected chi connectivity index (χ2v) is 8.26. The Morgan fingerprint density at radius 2 is 1.64 bits per heavy atom. The van der Waals surface area contributed by atoms with Crippen LogP contribution in [-0.2, 0) is 9.59 Å². The average Bonchev–Trinajstić information content (AvgIpc) is 3.04. The first-order valence-electron chi connectivity index (χ1n) is 10.5. The minimum atomic E-state index is -0.877. The minimum absolute atomic E-state index is 0.0319. The van der Waals surface area contributed by atoms with Gasteiger partial charge in [0.2, 0.25) is 0 Å². The topological polar surface area (TPSA) is 87.1 Å². The van der Waals surface area contributed by atoms with Crippen molar-refractivity contribution in [2.75, 3.05) is 12.0 Å². The van der Waals surface area contributed by atoms with E-state index in [-0.39, 0.29) is 17.1 Å². The van der Waals surface area contributed by atoms with Crippen molar-refractivity contribution in [3.63, 3.8) is 0 Å². The lowest BCUT2D eigenvalue weighted by Gasteiger charge is -2.26. The van der Waals surface area contributed by atoms with Gasteiger partial charge in [-0.15, -0.1) is 0 Å². The van der Waals surface area contributed by atoms with E-state index in [1.54, 1.807) is 24.3 Å². The van der Waals surface area contributed by atoms with Gasteiger partial charge < -0.3 is 14.9 Å². The van der Waals surface area contributed by atoms with Crippen molar-refractivity contribution in [1.82, 2.24) is 0 Å². The molecule has 168 valence electrons. The largest absolute Gasteiger partial charge is 0.508 e. The Balaban J connectivity index is 2.01. The number of phenols is 1. The third kappa shape index (κ3) is 3.84. The number of hydrogen-bond donors (Lipinski definition) is 2. The number of rotatable bonds is 4. The SMILES string of the molecule is COc1c(C)cc(C)cc1/C(O)=C1\C(=O)C(=O)N(c2cccc(C)c2)C1c1ccc(O)cc1. The van der Waals surface area contributed by atoms with Crippen LogP contribution < -0.4 is 9.64 Å². The van der Waals surface area contributed by atoms with Crippen LogP contribution in [0.25, 0.3) is 5.76 Å². The zero-order valence-electron chi connectivity index (χ0n) is 18.9. The molecule has 0 aliphatic carbocycles. The summed E-state index contributed by atoms with van der Waals surface area (Å²) in [6.07, 6.45) is 0. The molecule has 1 amide bonds. The molecule has 1 unspecified atom stereocenters. The van der Waals surface area contributed by atoms with Gasteiger partial charge in [-0.3, -0.25) is 14.5 Å². The van der Waals surface area contributed by atoms with E-state index < -0.39 is 17.7 Å². The summed E-state index contributed by atoms with van der Waals surface area (Å²) in [5.74, 6) is -1.33. The zero-order chi connectivity index (χ0) is 23.9. The van der Waals surface area contributed by atoms with E-state index >= 15 is 0 Å². The number of benzene rings is 3. The fraction of sp³-hybridized carbons (Fsp3) is 0.185. The number of aryl methyl sites for hydroxylation is 3. The fourth-order valence-corrected chi connectivity index (χ4v) is 4.39. The number of carbonyl (C=O) groups is 2. The van der Waals surface area contributed by atoms with Crippen molar-refractivity contribution in [3.05, 3.63) is 94.1 Å². The maximum Gasteiger partial charge on any atom is 0.300 e. The maximum absolute atomic E-state index is 13.3. The van der Waals surface area contributed by atoms with E-state index in [2.05, 4.69) is 0 Å². The number of nitrogens with zero attached hydrogens (tertiary/aromatic N) is 1. The number of ketones is 1. The molecule has 0 spiro atoms. The molecule has 3 aromatic rings. The van der Waals surface area contributed by atoms with E-state index in [0.29, 0.717) is 22.6 Å². The highest BCUT2D eigenvalue weighted by atomic mass is 16.5. The van der Waals surface area contributed by atoms with Crippen molar-refractivity contribution in [2.45, 2.75) is 26.8 Å². The monoisotopic (exact) mass is 443 g/mol. The van der Waals surface area contributed by atoms with Crippen LogP contribution in [0.4, 0.5) is 5.69 Å². The Hall–Kier alpha value is -4.06. The highest BCUT2D eigenvalue weighted by Gasteiger charge is 2.47. The molecule has 1 aliphatic heterocycles. The molecule has 1 heterocycles. The summed E-state index contributed by atoms with van der Waals surface area (Å²) in [5.41, 5.74) is 4.04. The minimum Gasteiger partial charge on any atom is -0.508 e. The molecule has 1 fully saturated rings. The summed E-state index contributed by atoms with van der Waals surface area (Å²) >= 11 is 0. The van der Waals surface area contributed by atoms with Crippen LogP contribution in [0.3, 0.4) is 0 Å². The fourth-order valence-electron chi connectivity index (χ4n) is 4.39. The van der Waals surface area contributed by atoms with Gasteiger partial charge in [0, 0.05) is 5.69 Å². The highest BCUT2D eigenvalue weighted by Crippen LogP contribution is 2.44. The van der Waals surface area contributed by atoms with Crippen LogP contribution in [0.1, 0.15) is 33.9 Å². The van der Waals surface area contributed by atoms with Crippen molar-refractivity contribution in [1.29, 1.82) is 0 Å². The predicted molar refractivity (Wildman–Crippen MR) is 127 cm³/mol. The molecule has 0 bridgehead atoms. The van der Waals surface area contributed by atoms with Crippen LogP contribution in [0, 0.1) is 20.8 Å². The van der Waals surface area contributed by atoms with Crippen molar-refractivity contribution in [3.8, 4) is 11.5 Å². The van der Waals surface area contributed by atoms with Gasteiger partial charge in [-0.2, -0.15) is 0 Å². The predicted octanol–water partition coefficient (Wildman–Crippen LogP) is 4.95. The molecule has 1 saturated heterocycles. The van der Waals surface area contributed by atoms with Crippen molar-refractivity contribution < 1.29 is 24.5 Å². The Kier molecular flexibility index (Phi) is 5.68. The van der Waals surface area contributed by atoms with Gasteiger partial charge in [-0.05, 0) is 73.4 Å². The lowest BCUT2D eigenvalue weighted by atomic mass is 9.93. The molecule has 4 rings (SSSR count). The molecule has 1 atom stereocenters. The molecule has 6 nitrogen and oxygen atoms in total. The number of anilines is 1. The summed E-state index contributed by atoms with van der Waals surface area (Å²) < 4.78 is 5.52. The smallest absolute Gasteiger partial charge is 0.300 e. The number of carbonyl (C=O) groups excluding carboxylic acids is 2. The highest BCUT2D eigenvalue weighted by molar-refractivity contribution is 6.51. The molecule has 0 saturated carbocycles. The molecule has 6 heteroatoms. The van der Waals surface area contributed by atoms with E-state index in [9.17, 15) is 19.8 Å². The van der Waals surface area contributed by atoms with E-state index in [4.69, 9.17) is 4.74 Å². The molecule has 33 heavy (non-hydrogen) atoms. The van der Waals surface area contributed by atoms with Gasteiger partial charge >= 0.3 is 0 Å². The van der Waals surface area contributed by atoms with Gasteiger partial charge in [-0.1, -0.05) is 30.3 Å². The number of amides is 1. The normalized spacial score (nSPS) is 17.5. The van der Waals surface area contributed by atoms with Gasteiger partial charge in [0.05, 0.1) is 24.3 Å². The number of ether oxygens (including phenoxy) is 1. The number of aliphatic hydroxyl groups excluding tert-OH is 1. The summed E-state index contributed by atoms with van der Waals surface area (Å²) in [4.78, 5) is 28.0. The molecule has 3 aromatic carbocycles. The molecule has 1 aliphatic rings. The van der Waals surface area contributed by atoms with Gasteiger partial charge in [0.15, 0.2) is 0 Å². The first-order chi connectivity index (χ1) is 15.7. The quantitative estimate of drug-likeness (QED) is 0.338. The van der Waals surface area contributed by atoms with Crippen molar-refractivity contribution >= 4 is 23.1 Å².